The summed E-state index contributed by atoms with van der Waals surface area (Å²) >= 11 is 12.0. The van der Waals surface area contributed by atoms with Crippen LogP contribution in [0.25, 0.3) is 0 Å². The van der Waals surface area contributed by atoms with Crippen LogP contribution in [0.1, 0.15) is 36.9 Å². The second-order valence-corrected chi connectivity index (χ2v) is 10.3. The maximum absolute atomic E-state index is 13.1. The summed E-state index contributed by atoms with van der Waals surface area (Å²) in [6.07, 6.45) is 1.20. The minimum atomic E-state index is -3.64. The van der Waals surface area contributed by atoms with Gasteiger partial charge in [0, 0.05) is 23.1 Å². The van der Waals surface area contributed by atoms with Crippen molar-refractivity contribution in [3.05, 3.63) is 69.5 Å². The second-order valence-electron chi connectivity index (χ2n) is 7.47. The van der Waals surface area contributed by atoms with Gasteiger partial charge in [-0.15, -0.1) is 0 Å². The highest BCUT2D eigenvalue weighted by molar-refractivity contribution is 7.88. The average molecular weight is 473 g/mol. The molecular formula is C21H23Cl2FN2O3S. The van der Waals surface area contributed by atoms with Crippen LogP contribution in [0.5, 0.6) is 0 Å². The van der Waals surface area contributed by atoms with Gasteiger partial charge in [-0.1, -0.05) is 41.4 Å². The Labute approximate surface area is 186 Å². The highest BCUT2D eigenvalue weighted by Crippen LogP contribution is 2.26. The van der Waals surface area contributed by atoms with Crippen molar-refractivity contribution >= 4 is 39.1 Å². The first-order valence-corrected chi connectivity index (χ1v) is 12.0. The zero-order valence-corrected chi connectivity index (χ0v) is 18.8. The molecule has 30 heavy (non-hydrogen) atoms. The molecule has 0 aliphatic carbocycles. The molecule has 2 aromatic rings. The van der Waals surface area contributed by atoms with E-state index in [1.807, 2.05) is 6.92 Å². The van der Waals surface area contributed by atoms with E-state index in [4.69, 9.17) is 23.2 Å². The van der Waals surface area contributed by atoms with Crippen LogP contribution in [0.4, 0.5) is 4.39 Å². The van der Waals surface area contributed by atoms with Crippen LogP contribution < -0.4 is 5.32 Å². The van der Waals surface area contributed by atoms with Crippen molar-refractivity contribution in [3.63, 3.8) is 0 Å². The van der Waals surface area contributed by atoms with Crippen LogP contribution in [0.15, 0.2) is 42.5 Å². The number of carbonyl (C=O) groups is 1. The largest absolute Gasteiger partial charge is 0.349 e. The molecule has 1 aliphatic heterocycles. The third kappa shape index (κ3) is 5.72. The topological polar surface area (TPSA) is 66.5 Å². The average Bonchev–Trinajstić information content (AvgIpc) is 2.70. The fourth-order valence-corrected chi connectivity index (χ4v) is 5.70. The van der Waals surface area contributed by atoms with Gasteiger partial charge in [0.1, 0.15) is 5.82 Å². The highest BCUT2D eigenvalue weighted by Gasteiger charge is 2.33. The Hall–Kier alpha value is -1.67. The van der Waals surface area contributed by atoms with Gasteiger partial charge < -0.3 is 5.32 Å². The lowest BCUT2D eigenvalue weighted by Crippen LogP contribution is -2.46. The molecule has 1 aliphatic rings. The van der Waals surface area contributed by atoms with Gasteiger partial charge in [0.25, 0.3) is 0 Å². The smallest absolute Gasteiger partial charge is 0.224 e. The zero-order valence-electron chi connectivity index (χ0n) is 16.4. The van der Waals surface area contributed by atoms with Crippen LogP contribution in [0.3, 0.4) is 0 Å². The van der Waals surface area contributed by atoms with E-state index >= 15 is 0 Å². The fraction of sp³-hybridized carbons (Fsp3) is 0.381. The normalized spacial score (nSPS) is 18.7. The van der Waals surface area contributed by atoms with E-state index in [1.54, 1.807) is 24.3 Å². The molecule has 0 saturated carbocycles. The minimum Gasteiger partial charge on any atom is -0.349 e. The van der Waals surface area contributed by atoms with Gasteiger partial charge in [0.2, 0.25) is 15.9 Å². The molecule has 1 amide bonds. The molecular weight excluding hydrogens is 450 g/mol. The Balaban J connectivity index is 1.64. The van der Waals surface area contributed by atoms with Crippen molar-refractivity contribution < 1.29 is 17.6 Å². The Kier molecular flexibility index (Phi) is 7.39. The van der Waals surface area contributed by atoms with Crippen molar-refractivity contribution in [2.24, 2.45) is 5.92 Å². The predicted octanol–water partition coefficient (Wildman–Crippen LogP) is 4.55. The van der Waals surface area contributed by atoms with E-state index in [2.05, 4.69) is 5.32 Å². The number of halogens is 3. The van der Waals surface area contributed by atoms with Gasteiger partial charge in [0.15, 0.2) is 0 Å². The molecule has 0 aromatic heterocycles. The maximum atomic E-state index is 13.1. The molecule has 5 nitrogen and oxygen atoms in total. The summed E-state index contributed by atoms with van der Waals surface area (Å²) in [6, 6.07) is 10.3. The molecule has 0 bridgehead atoms. The van der Waals surface area contributed by atoms with E-state index in [9.17, 15) is 17.6 Å². The Morgan fingerprint density at radius 2 is 1.93 bits per heavy atom. The van der Waals surface area contributed by atoms with Crippen LogP contribution in [0, 0.1) is 11.7 Å². The molecule has 1 fully saturated rings. The third-order valence-corrected chi connectivity index (χ3v) is 7.61. The van der Waals surface area contributed by atoms with Gasteiger partial charge >= 0.3 is 0 Å². The van der Waals surface area contributed by atoms with Crippen LogP contribution in [-0.2, 0) is 20.6 Å². The number of nitrogens with one attached hydrogen (secondary N) is 1. The van der Waals surface area contributed by atoms with Crippen molar-refractivity contribution in [2.45, 2.75) is 31.6 Å². The van der Waals surface area contributed by atoms with Crippen LogP contribution in [0.2, 0.25) is 10.0 Å². The SMILES string of the molecule is C[C@H](NC(=O)[C@H]1CCCN(S(=O)(=O)Cc2ccc(Cl)cc2Cl)C1)c1ccc(F)cc1. The maximum Gasteiger partial charge on any atom is 0.224 e. The van der Waals surface area contributed by atoms with E-state index < -0.39 is 15.9 Å². The summed E-state index contributed by atoms with van der Waals surface area (Å²) in [5.74, 6) is -1.25. The summed E-state index contributed by atoms with van der Waals surface area (Å²) in [5, 5.41) is 3.64. The van der Waals surface area contributed by atoms with Crippen molar-refractivity contribution in [3.8, 4) is 0 Å². The standard InChI is InChI=1S/C21H23Cl2FN2O3S/c1-14(15-5-8-19(24)9-6-15)25-21(27)16-3-2-10-26(12-16)30(28,29)13-17-4-7-18(22)11-20(17)23/h4-9,11,14,16H,2-3,10,12-13H2,1H3,(H,25,27)/t14-,16-/m0/s1. The van der Waals surface area contributed by atoms with E-state index in [1.165, 1.54) is 22.5 Å². The number of hydrogen-bond donors (Lipinski definition) is 1. The molecule has 2 atom stereocenters. The summed E-state index contributed by atoms with van der Waals surface area (Å²) in [5.41, 5.74) is 1.25. The third-order valence-electron chi connectivity index (χ3n) is 5.23. The van der Waals surface area contributed by atoms with E-state index in [-0.39, 0.29) is 30.1 Å². The minimum absolute atomic E-state index is 0.121. The van der Waals surface area contributed by atoms with Crippen molar-refractivity contribution in [1.82, 2.24) is 9.62 Å². The van der Waals surface area contributed by atoms with Gasteiger partial charge in [-0.2, -0.15) is 0 Å². The summed E-state index contributed by atoms with van der Waals surface area (Å²) in [7, 11) is -3.64. The molecule has 1 saturated heterocycles. The molecule has 3 rings (SSSR count). The Bertz CT molecular complexity index is 1020. The number of benzene rings is 2. The molecule has 0 unspecified atom stereocenters. The number of piperidine rings is 1. The molecule has 0 radical (unpaired) electrons. The van der Waals surface area contributed by atoms with Gasteiger partial charge in [-0.3, -0.25) is 4.79 Å². The molecule has 162 valence electrons. The zero-order chi connectivity index (χ0) is 21.9. The highest BCUT2D eigenvalue weighted by atomic mass is 35.5. The number of hydrogen-bond acceptors (Lipinski definition) is 3. The lowest BCUT2D eigenvalue weighted by atomic mass is 9.98. The van der Waals surface area contributed by atoms with Crippen molar-refractivity contribution in [1.29, 1.82) is 0 Å². The second kappa shape index (κ2) is 9.64. The predicted molar refractivity (Wildman–Crippen MR) is 116 cm³/mol. The first-order valence-electron chi connectivity index (χ1n) is 9.63. The number of sulfonamides is 1. The molecule has 1 heterocycles. The summed E-state index contributed by atoms with van der Waals surface area (Å²) < 4.78 is 40.3. The van der Waals surface area contributed by atoms with Gasteiger partial charge in [-0.25, -0.2) is 17.1 Å². The lowest BCUT2D eigenvalue weighted by Gasteiger charge is -2.32. The Morgan fingerprint density at radius 1 is 1.23 bits per heavy atom. The van der Waals surface area contributed by atoms with Crippen molar-refractivity contribution in [2.75, 3.05) is 13.1 Å². The quantitative estimate of drug-likeness (QED) is 0.670. The van der Waals surface area contributed by atoms with Gasteiger partial charge in [0.05, 0.1) is 17.7 Å². The molecule has 2 aromatic carbocycles. The number of amides is 1. The molecule has 0 spiro atoms. The van der Waals surface area contributed by atoms with Gasteiger partial charge in [-0.05, 0) is 55.2 Å². The first-order chi connectivity index (χ1) is 14.2. The van der Waals surface area contributed by atoms with Crippen LogP contribution in [-0.4, -0.2) is 31.7 Å². The lowest BCUT2D eigenvalue weighted by molar-refractivity contribution is -0.126. The van der Waals surface area contributed by atoms with Crippen LogP contribution >= 0.6 is 23.2 Å². The number of nitrogens with zero attached hydrogens (tertiary/aromatic N) is 1. The monoisotopic (exact) mass is 472 g/mol. The van der Waals surface area contributed by atoms with E-state index in [0.717, 1.165) is 5.56 Å². The number of rotatable bonds is 6. The summed E-state index contributed by atoms with van der Waals surface area (Å²) in [6.45, 7) is 2.30. The molecule has 1 N–H and O–H groups in total. The first kappa shape index (κ1) is 23.0. The summed E-state index contributed by atoms with van der Waals surface area (Å²) in [4.78, 5) is 12.7. The Morgan fingerprint density at radius 3 is 2.60 bits per heavy atom. The number of carbonyl (C=O) groups excluding carboxylic acids is 1. The fourth-order valence-electron chi connectivity index (χ4n) is 3.50. The van der Waals surface area contributed by atoms with E-state index in [0.29, 0.717) is 35.0 Å². The molecule has 9 heteroatoms.